The van der Waals surface area contributed by atoms with E-state index in [-0.39, 0.29) is 21.7 Å². The molecular formula is C26H23F7N4O3S. The van der Waals surface area contributed by atoms with Crippen LogP contribution in [-0.2, 0) is 33.3 Å². The predicted molar refractivity (Wildman–Crippen MR) is 131 cm³/mol. The average molecular weight is 605 g/mol. The standard InChI is InChI=1S/C26H23F7N4O3S/c1-14-20(28)10-22(37(14)41(39,40)18-6-4-17(27)5-7-18)23(38)8-3-15-9-21(34-13-19(15)26(31,32)33)16-11-35-24(36-12-16)25(2,29)30/h4-7,9,11-14,20,22H,3,8,10H2,1-2H3/t14-,20+,22-/m0/s1. The van der Waals surface area contributed by atoms with Gasteiger partial charge in [-0.25, -0.2) is 27.2 Å². The van der Waals surface area contributed by atoms with Gasteiger partial charge in [0.15, 0.2) is 11.6 Å². The molecule has 0 aliphatic carbocycles. The summed E-state index contributed by atoms with van der Waals surface area (Å²) in [5, 5.41) is 0. The molecule has 1 fully saturated rings. The first-order chi connectivity index (χ1) is 19.0. The first kappa shape index (κ1) is 30.5. The Labute approximate surface area is 230 Å². The summed E-state index contributed by atoms with van der Waals surface area (Å²) in [6, 6.07) is 1.98. The lowest BCUT2D eigenvalue weighted by molar-refractivity contribution is -0.138. The Morgan fingerprint density at radius 3 is 2.20 bits per heavy atom. The van der Waals surface area contributed by atoms with Crippen LogP contribution in [0.3, 0.4) is 0 Å². The summed E-state index contributed by atoms with van der Waals surface area (Å²) < 4.78 is 123. The lowest BCUT2D eigenvalue weighted by atomic mass is 9.98. The molecule has 3 heterocycles. The number of pyridine rings is 1. The zero-order chi connectivity index (χ0) is 30.3. The monoisotopic (exact) mass is 604 g/mol. The largest absolute Gasteiger partial charge is 0.418 e. The Balaban J connectivity index is 1.61. The van der Waals surface area contributed by atoms with Crippen LogP contribution in [0.1, 0.15) is 43.6 Å². The van der Waals surface area contributed by atoms with E-state index in [0.717, 1.165) is 42.7 Å². The van der Waals surface area contributed by atoms with Gasteiger partial charge in [0, 0.05) is 43.9 Å². The fourth-order valence-electron chi connectivity index (χ4n) is 4.57. The van der Waals surface area contributed by atoms with Crippen molar-refractivity contribution in [3.63, 3.8) is 0 Å². The second-order valence-electron chi connectivity index (χ2n) is 9.67. The van der Waals surface area contributed by atoms with E-state index in [1.54, 1.807) is 0 Å². The third kappa shape index (κ3) is 6.40. The molecule has 0 saturated carbocycles. The van der Waals surface area contributed by atoms with Gasteiger partial charge in [-0.1, -0.05) is 0 Å². The number of alkyl halides is 6. The fraction of sp³-hybridized carbons (Fsp3) is 0.385. The summed E-state index contributed by atoms with van der Waals surface area (Å²) in [4.78, 5) is 23.6. The van der Waals surface area contributed by atoms with Crippen LogP contribution in [-0.4, -0.2) is 51.7 Å². The van der Waals surface area contributed by atoms with Gasteiger partial charge in [0.05, 0.1) is 28.2 Å². The molecule has 4 rings (SSSR count). The summed E-state index contributed by atoms with van der Waals surface area (Å²) in [5.74, 6) is -5.66. The molecule has 0 spiro atoms. The van der Waals surface area contributed by atoms with Crippen molar-refractivity contribution in [2.75, 3.05) is 0 Å². The van der Waals surface area contributed by atoms with Gasteiger partial charge >= 0.3 is 12.1 Å². The highest BCUT2D eigenvalue weighted by Gasteiger charge is 2.49. The number of sulfonamides is 1. The number of hydrogen-bond donors (Lipinski definition) is 0. The van der Waals surface area contributed by atoms with E-state index in [9.17, 15) is 43.9 Å². The number of hydrogen-bond acceptors (Lipinski definition) is 6. The van der Waals surface area contributed by atoms with E-state index in [2.05, 4.69) is 15.0 Å². The van der Waals surface area contributed by atoms with Crippen LogP contribution in [0.25, 0.3) is 11.3 Å². The highest BCUT2D eigenvalue weighted by molar-refractivity contribution is 7.89. The Kier molecular flexibility index (Phi) is 8.24. The highest BCUT2D eigenvalue weighted by Crippen LogP contribution is 2.36. The van der Waals surface area contributed by atoms with Gasteiger partial charge in [0.25, 0.3) is 0 Å². The highest BCUT2D eigenvalue weighted by atomic mass is 32.2. The molecule has 0 bridgehead atoms. The maximum Gasteiger partial charge on any atom is 0.418 e. The third-order valence-corrected chi connectivity index (χ3v) is 8.73. The van der Waals surface area contributed by atoms with Crippen LogP contribution in [0.5, 0.6) is 0 Å². The number of aryl methyl sites for hydroxylation is 1. The van der Waals surface area contributed by atoms with E-state index in [1.165, 1.54) is 6.92 Å². The summed E-state index contributed by atoms with van der Waals surface area (Å²) >= 11 is 0. The van der Waals surface area contributed by atoms with Crippen molar-refractivity contribution in [1.29, 1.82) is 0 Å². The maximum atomic E-state index is 14.7. The van der Waals surface area contributed by atoms with Gasteiger partial charge in [-0.3, -0.25) is 9.78 Å². The SMILES string of the molecule is C[C@H]1[C@H](F)C[C@@H](C(=O)CCc2cc(-c3cnc(C(C)(F)F)nc3)ncc2C(F)(F)F)N1S(=O)(=O)c1ccc(F)cc1. The van der Waals surface area contributed by atoms with E-state index in [1.807, 2.05) is 0 Å². The van der Waals surface area contributed by atoms with Crippen molar-refractivity contribution in [2.24, 2.45) is 0 Å². The number of ketones is 1. The quantitative estimate of drug-likeness (QED) is 0.316. The minimum Gasteiger partial charge on any atom is -0.298 e. The normalized spacial score (nSPS) is 20.4. The van der Waals surface area contributed by atoms with E-state index < -0.39 is 82.6 Å². The van der Waals surface area contributed by atoms with Crippen LogP contribution >= 0.6 is 0 Å². The van der Waals surface area contributed by atoms with Gasteiger partial charge in [-0.15, -0.1) is 0 Å². The molecule has 7 nitrogen and oxygen atoms in total. The van der Waals surface area contributed by atoms with Crippen molar-refractivity contribution in [1.82, 2.24) is 19.3 Å². The summed E-state index contributed by atoms with van der Waals surface area (Å²) in [6.07, 6.45) is -5.70. The summed E-state index contributed by atoms with van der Waals surface area (Å²) in [7, 11) is -4.45. The molecule has 0 N–H and O–H groups in total. The molecule has 0 unspecified atom stereocenters. The molecule has 1 aliphatic rings. The number of rotatable bonds is 8. The van der Waals surface area contributed by atoms with Gasteiger partial charge in [0.2, 0.25) is 10.0 Å². The first-order valence-corrected chi connectivity index (χ1v) is 13.7. The van der Waals surface area contributed by atoms with Crippen molar-refractivity contribution in [3.8, 4) is 11.3 Å². The van der Waals surface area contributed by atoms with Gasteiger partial charge in [0.1, 0.15) is 12.0 Å². The summed E-state index contributed by atoms with van der Waals surface area (Å²) in [5.41, 5.74) is -1.58. The Bertz CT molecular complexity index is 1530. The van der Waals surface area contributed by atoms with E-state index in [0.29, 0.717) is 17.4 Å². The number of Topliss-reactive ketones (excluding diaryl/α,β-unsaturated/α-hetero) is 1. The van der Waals surface area contributed by atoms with E-state index in [4.69, 9.17) is 0 Å². The average Bonchev–Trinajstić information content (AvgIpc) is 3.21. The van der Waals surface area contributed by atoms with Crippen LogP contribution in [0, 0.1) is 5.82 Å². The molecule has 0 radical (unpaired) electrons. The number of halogens is 7. The maximum absolute atomic E-state index is 14.7. The fourth-order valence-corrected chi connectivity index (χ4v) is 6.41. The molecule has 1 aromatic carbocycles. The lowest BCUT2D eigenvalue weighted by Crippen LogP contribution is -2.44. The Morgan fingerprint density at radius 2 is 1.63 bits per heavy atom. The van der Waals surface area contributed by atoms with Gasteiger partial charge < -0.3 is 0 Å². The van der Waals surface area contributed by atoms with Crippen molar-refractivity contribution < 1.29 is 43.9 Å². The second kappa shape index (κ2) is 11.1. The number of benzene rings is 1. The first-order valence-electron chi connectivity index (χ1n) is 12.2. The zero-order valence-corrected chi connectivity index (χ0v) is 22.4. The molecule has 220 valence electrons. The molecule has 15 heteroatoms. The molecular weight excluding hydrogens is 581 g/mol. The molecule has 3 aromatic rings. The van der Waals surface area contributed by atoms with Crippen molar-refractivity contribution in [2.45, 2.75) is 68.4 Å². The minimum absolute atomic E-state index is 0.0424. The Morgan fingerprint density at radius 1 is 1.02 bits per heavy atom. The van der Waals surface area contributed by atoms with Crippen molar-refractivity contribution in [3.05, 3.63) is 71.7 Å². The Hall–Kier alpha value is -3.46. The van der Waals surface area contributed by atoms with Crippen LogP contribution in [0.4, 0.5) is 30.7 Å². The summed E-state index contributed by atoms with van der Waals surface area (Å²) in [6.45, 7) is 1.84. The second-order valence-corrected chi connectivity index (χ2v) is 11.5. The van der Waals surface area contributed by atoms with Gasteiger partial charge in [-0.05, 0) is 49.2 Å². The number of carbonyl (C=O) groups is 1. The number of nitrogens with zero attached hydrogens (tertiary/aromatic N) is 4. The molecule has 41 heavy (non-hydrogen) atoms. The topological polar surface area (TPSA) is 93.1 Å². The third-order valence-electron chi connectivity index (χ3n) is 6.72. The van der Waals surface area contributed by atoms with Crippen LogP contribution in [0.2, 0.25) is 0 Å². The molecule has 1 aliphatic heterocycles. The van der Waals surface area contributed by atoms with Gasteiger partial charge in [-0.2, -0.15) is 26.3 Å². The minimum atomic E-state index is -4.86. The van der Waals surface area contributed by atoms with Crippen LogP contribution < -0.4 is 0 Å². The zero-order valence-electron chi connectivity index (χ0n) is 21.5. The number of carbonyl (C=O) groups excluding carboxylic acids is 1. The molecule has 2 aromatic heterocycles. The number of aromatic nitrogens is 3. The van der Waals surface area contributed by atoms with E-state index >= 15 is 0 Å². The molecule has 0 amide bonds. The molecule has 3 atom stereocenters. The van der Waals surface area contributed by atoms with Crippen molar-refractivity contribution >= 4 is 15.8 Å². The lowest BCUT2D eigenvalue weighted by Gasteiger charge is -2.27. The predicted octanol–water partition coefficient (Wildman–Crippen LogP) is 5.50. The molecule has 1 saturated heterocycles. The van der Waals surface area contributed by atoms with Crippen LogP contribution in [0.15, 0.2) is 53.8 Å². The smallest absolute Gasteiger partial charge is 0.298 e.